The number of nitrogens with two attached hydrogens (primary N) is 1. The van der Waals surface area contributed by atoms with Crippen molar-refractivity contribution in [3.8, 4) is 11.5 Å². The molecule has 2 unspecified atom stereocenters. The molecule has 0 aliphatic carbocycles. The van der Waals surface area contributed by atoms with Crippen molar-refractivity contribution in [1.82, 2.24) is 4.90 Å². The van der Waals surface area contributed by atoms with E-state index < -0.39 is 17.4 Å². The van der Waals surface area contributed by atoms with E-state index in [1.807, 2.05) is 11.9 Å². The van der Waals surface area contributed by atoms with Crippen LogP contribution in [0.4, 0.5) is 8.78 Å². The Bertz CT molecular complexity index is 482. The molecule has 106 valence electrons. The monoisotopic (exact) mass is 272 g/mol. The molecule has 2 rings (SSSR count). The molecule has 2 atom stereocenters. The van der Waals surface area contributed by atoms with Crippen LogP contribution in [0.15, 0.2) is 6.07 Å². The molecule has 0 bridgehead atoms. The molecule has 3 N–H and O–H groups in total. The van der Waals surface area contributed by atoms with Crippen LogP contribution >= 0.6 is 0 Å². The molecular weight excluding hydrogens is 254 g/mol. The second-order valence-corrected chi connectivity index (χ2v) is 4.94. The van der Waals surface area contributed by atoms with E-state index in [9.17, 15) is 13.9 Å². The third kappa shape index (κ3) is 2.37. The molecule has 6 heteroatoms. The number of ether oxygens (including phenoxy) is 1. The van der Waals surface area contributed by atoms with E-state index in [-0.39, 0.29) is 23.3 Å². The zero-order valence-corrected chi connectivity index (χ0v) is 11.0. The Kier molecular flexibility index (Phi) is 3.91. The number of nitrogens with zero attached hydrogens (tertiary/aromatic N) is 1. The first-order valence-corrected chi connectivity index (χ1v) is 6.14. The van der Waals surface area contributed by atoms with E-state index in [1.54, 1.807) is 0 Å². The molecular formula is C13H18F2N2O2. The Morgan fingerprint density at radius 3 is 2.68 bits per heavy atom. The molecule has 1 aliphatic heterocycles. The average molecular weight is 272 g/mol. The van der Waals surface area contributed by atoms with E-state index in [4.69, 9.17) is 10.5 Å². The van der Waals surface area contributed by atoms with Gasteiger partial charge in [0.15, 0.2) is 17.3 Å². The Labute approximate surface area is 110 Å². The number of phenols is 1. The van der Waals surface area contributed by atoms with Crippen molar-refractivity contribution < 1.29 is 18.6 Å². The summed E-state index contributed by atoms with van der Waals surface area (Å²) in [4.78, 5) is 1.95. The van der Waals surface area contributed by atoms with Gasteiger partial charge in [0.2, 0.25) is 5.82 Å². The highest BCUT2D eigenvalue weighted by Crippen LogP contribution is 2.40. The van der Waals surface area contributed by atoms with Crippen LogP contribution in [0.5, 0.6) is 11.5 Å². The van der Waals surface area contributed by atoms with E-state index >= 15 is 0 Å². The minimum Gasteiger partial charge on any atom is -0.503 e. The van der Waals surface area contributed by atoms with Crippen molar-refractivity contribution in [3.63, 3.8) is 0 Å². The van der Waals surface area contributed by atoms with Gasteiger partial charge in [0.25, 0.3) is 0 Å². The van der Waals surface area contributed by atoms with Gasteiger partial charge in [-0.1, -0.05) is 0 Å². The minimum atomic E-state index is -1.07. The molecule has 0 radical (unpaired) electrons. The lowest BCUT2D eigenvalue weighted by Crippen LogP contribution is -2.21. The molecule has 1 aliphatic rings. The highest BCUT2D eigenvalue weighted by atomic mass is 19.1. The Morgan fingerprint density at radius 1 is 1.47 bits per heavy atom. The summed E-state index contributed by atoms with van der Waals surface area (Å²) in [6, 6.07) is 1.08. The summed E-state index contributed by atoms with van der Waals surface area (Å²) in [5.41, 5.74) is 5.87. The Balaban J connectivity index is 2.42. The summed E-state index contributed by atoms with van der Waals surface area (Å²) in [5, 5.41) is 9.50. The first kappa shape index (κ1) is 14.0. The molecule has 0 spiro atoms. The van der Waals surface area contributed by atoms with Crippen LogP contribution in [-0.2, 0) is 0 Å². The van der Waals surface area contributed by atoms with Crippen molar-refractivity contribution in [2.45, 2.75) is 12.5 Å². The molecule has 4 nitrogen and oxygen atoms in total. The fourth-order valence-corrected chi connectivity index (χ4v) is 2.65. The van der Waals surface area contributed by atoms with Crippen LogP contribution in [0, 0.1) is 17.6 Å². The van der Waals surface area contributed by atoms with E-state index in [1.165, 1.54) is 13.2 Å². The maximum atomic E-state index is 14.0. The third-order valence-corrected chi connectivity index (χ3v) is 3.72. The maximum Gasteiger partial charge on any atom is 0.209 e. The van der Waals surface area contributed by atoms with Crippen LogP contribution in [0.3, 0.4) is 0 Å². The van der Waals surface area contributed by atoms with Crippen molar-refractivity contribution >= 4 is 0 Å². The van der Waals surface area contributed by atoms with Gasteiger partial charge in [-0.3, -0.25) is 4.90 Å². The van der Waals surface area contributed by atoms with Crippen LogP contribution in [0.2, 0.25) is 0 Å². The van der Waals surface area contributed by atoms with Crippen molar-refractivity contribution in [2.24, 2.45) is 11.7 Å². The predicted molar refractivity (Wildman–Crippen MR) is 67.1 cm³/mol. The molecule has 0 saturated carbocycles. The number of rotatable bonds is 3. The number of methoxy groups -OCH3 is 1. The highest BCUT2D eigenvalue weighted by Gasteiger charge is 2.33. The number of halogens is 2. The molecule has 1 fully saturated rings. The van der Waals surface area contributed by atoms with Gasteiger partial charge in [-0.2, -0.15) is 4.39 Å². The van der Waals surface area contributed by atoms with Gasteiger partial charge in [-0.15, -0.1) is 0 Å². The van der Waals surface area contributed by atoms with Gasteiger partial charge in [-0.25, -0.2) is 4.39 Å². The molecule has 0 aromatic heterocycles. The molecule has 1 aromatic carbocycles. The van der Waals surface area contributed by atoms with E-state index in [0.717, 1.165) is 6.54 Å². The van der Waals surface area contributed by atoms with Gasteiger partial charge in [0, 0.05) is 18.2 Å². The normalized spacial score (nSPS) is 23.8. The summed E-state index contributed by atoms with van der Waals surface area (Å²) < 4.78 is 32.4. The van der Waals surface area contributed by atoms with Gasteiger partial charge in [0.05, 0.1) is 7.11 Å². The fourth-order valence-electron chi connectivity index (χ4n) is 2.65. The third-order valence-electron chi connectivity index (χ3n) is 3.72. The van der Waals surface area contributed by atoms with Gasteiger partial charge in [-0.05, 0) is 32.0 Å². The number of phenolic OH excluding ortho intramolecular Hbond substituents is 1. The number of hydrogen-bond donors (Lipinski definition) is 2. The second kappa shape index (κ2) is 5.30. The summed E-state index contributed by atoms with van der Waals surface area (Å²) in [6.07, 6.45) is 0.679. The quantitative estimate of drug-likeness (QED) is 0.878. The lowest BCUT2D eigenvalue weighted by atomic mass is 9.98. The molecule has 19 heavy (non-hydrogen) atoms. The number of hydrogen-bond acceptors (Lipinski definition) is 4. The summed E-state index contributed by atoms with van der Waals surface area (Å²) in [5.74, 6) is -2.86. The predicted octanol–water partition coefficient (Wildman–Crippen LogP) is 1.63. The van der Waals surface area contributed by atoms with Crippen molar-refractivity contribution in [2.75, 3.05) is 27.2 Å². The van der Waals surface area contributed by atoms with Crippen molar-refractivity contribution in [3.05, 3.63) is 23.3 Å². The molecule has 0 amide bonds. The fraction of sp³-hybridized carbons (Fsp3) is 0.538. The van der Waals surface area contributed by atoms with E-state index in [0.29, 0.717) is 13.0 Å². The summed E-state index contributed by atoms with van der Waals surface area (Å²) in [7, 11) is 3.13. The summed E-state index contributed by atoms with van der Waals surface area (Å²) >= 11 is 0. The molecule has 1 heterocycles. The Hall–Kier alpha value is -1.40. The van der Waals surface area contributed by atoms with Gasteiger partial charge in [0.1, 0.15) is 0 Å². The molecule has 1 saturated heterocycles. The SMILES string of the molecule is COc1cc(C2CC(CN)CN2C)c(F)c(O)c1F. The zero-order valence-electron chi connectivity index (χ0n) is 11.0. The zero-order chi connectivity index (χ0) is 14.2. The van der Waals surface area contributed by atoms with Gasteiger partial charge < -0.3 is 15.6 Å². The minimum absolute atomic E-state index is 0.154. The second-order valence-electron chi connectivity index (χ2n) is 4.94. The van der Waals surface area contributed by atoms with Crippen molar-refractivity contribution in [1.29, 1.82) is 0 Å². The highest BCUT2D eigenvalue weighted by molar-refractivity contribution is 5.42. The lowest BCUT2D eigenvalue weighted by Gasteiger charge is -2.21. The Morgan fingerprint density at radius 2 is 2.16 bits per heavy atom. The van der Waals surface area contributed by atoms with Gasteiger partial charge >= 0.3 is 0 Å². The number of likely N-dealkylation sites (tertiary alicyclic amines) is 1. The van der Waals surface area contributed by atoms with Crippen LogP contribution in [0.1, 0.15) is 18.0 Å². The van der Waals surface area contributed by atoms with E-state index in [2.05, 4.69) is 0 Å². The number of aromatic hydroxyl groups is 1. The van der Waals surface area contributed by atoms with Crippen LogP contribution < -0.4 is 10.5 Å². The smallest absolute Gasteiger partial charge is 0.209 e. The number of benzene rings is 1. The largest absolute Gasteiger partial charge is 0.503 e. The van der Waals surface area contributed by atoms with Crippen LogP contribution in [-0.4, -0.2) is 37.3 Å². The topological polar surface area (TPSA) is 58.7 Å². The maximum absolute atomic E-state index is 14.0. The molecule has 1 aromatic rings. The first-order chi connectivity index (χ1) is 8.99. The standard InChI is InChI=1S/C13H18F2N2O2/c1-17-6-7(5-16)3-9(17)8-4-10(19-2)12(15)13(18)11(8)14/h4,7,9,18H,3,5-6,16H2,1-2H3. The lowest BCUT2D eigenvalue weighted by molar-refractivity contribution is 0.296. The van der Waals surface area contributed by atoms with Crippen LogP contribution in [0.25, 0.3) is 0 Å². The first-order valence-electron chi connectivity index (χ1n) is 6.14. The summed E-state index contributed by atoms with van der Waals surface area (Å²) in [6.45, 7) is 1.27. The average Bonchev–Trinajstić information content (AvgIpc) is 2.78.